The summed E-state index contributed by atoms with van der Waals surface area (Å²) in [5, 5.41) is 21.1. The first kappa shape index (κ1) is 27.5. The van der Waals surface area contributed by atoms with Gasteiger partial charge in [-0.2, -0.15) is 4.31 Å². The second-order valence-electron chi connectivity index (χ2n) is 8.65. The maximum Gasteiger partial charge on any atom is 0.481 e. The minimum Gasteiger partial charge on any atom is -0.387 e. The number of ether oxygens (including phenoxy) is 1. The SMILES string of the molecule is Cc1cc(C)cc(Cn2c[n+]([C@@H]3O[C@H](COP(=O)(O)OP(=O)(O)O)[C@@H](O)[C@H]3O)c3nc(N)[nH]c(=O)c32)c1. The molecule has 1 fully saturated rings. The normalized spacial score (nSPS) is 24.0. The molecule has 0 saturated carbocycles. The quantitative estimate of drug-likeness (QED) is 0.130. The van der Waals surface area contributed by atoms with E-state index < -0.39 is 52.4 Å². The zero-order valence-electron chi connectivity index (χ0n) is 19.5. The molecular formula is C19H26N5O11P2+. The fourth-order valence-electron chi connectivity index (χ4n) is 4.26. The van der Waals surface area contributed by atoms with Gasteiger partial charge in [-0.1, -0.05) is 34.3 Å². The highest BCUT2D eigenvalue weighted by molar-refractivity contribution is 7.60. The fourth-order valence-corrected chi connectivity index (χ4v) is 5.86. The van der Waals surface area contributed by atoms with E-state index >= 15 is 0 Å². The van der Waals surface area contributed by atoms with Crippen LogP contribution in [0.25, 0.3) is 11.2 Å². The molecule has 18 heteroatoms. The number of fused-ring (bicyclic) bond motifs is 1. The Kier molecular flexibility index (Phi) is 7.44. The smallest absolute Gasteiger partial charge is 0.387 e. The van der Waals surface area contributed by atoms with Gasteiger partial charge in [0.2, 0.25) is 11.7 Å². The van der Waals surface area contributed by atoms with Gasteiger partial charge in [-0.15, -0.1) is 0 Å². The van der Waals surface area contributed by atoms with Crippen LogP contribution in [0.1, 0.15) is 22.9 Å². The van der Waals surface area contributed by atoms with Crippen molar-refractivity contribution in [3.63, 3.8) is 0 Å². The number of aromatic nitrogens is 4. The number of aliphatic hydroxyl groups excluding tert-OH is 2. The topological polar surface area (TPSA) is 244 Å². The predicted molar refractivity (Wildman–Crippen MR) is 125 cm³/mol. The van der Waals surface area contributed by atoms with Gasteiger partial charge in [-0.3, -0.25) is 18.9 Å². The van der Waals surface area contributed by atoms with Crippen LogP contribution >= 0.6 is 15.6 Å². The first-order valence-corrected chi connectivity index (χ1v) is 13.8. The monoisotopic (exact) mass is 562 g/mol. The number of phosphoric ester groups is 1. The lowest BCUT2D eigenvalue weighted by Gasteiger charge is -2.17. The number of nitrogens with zero attached hydrogens (tertiary/aromatic N) is 3. The molecule has 4 rings (SSSR count). The summed E-state index contributed by atoms with van der Waals surface area (Å²) in [6.07, 6.45) is -4.61. The number of aryl methyl sites for hydroxylation is 2. The summed E-state index contributed by atoms with van der Waals surface area (Å²) < 4.78 is 39.3. The Hall–Kier alpha value is -2.49. The van der Waals surface area contributed by atoms with Gasteiger partial charge in [-0.25, -0.2) is 13.7 Å². The third-order valence-corrected chi connectivity index (χ3v) is 7.70. The lowest BCUT2D eigenvalue weighted by atomic mass is 10.1. The maximum atomic E-state index is 12.8. The summed E-state index contributed by atoms with van der Waals surface area (Å²) in [6, 6.07) is 5.87. The molecule has 0 amide bonds. The number of nitrogen functional groups attached to an aromatic ring is 1. The van der Waals surface area contributed by atoms with Crippen molar-refractivity contribution >= 4 is 32.8 Å². The number of aromatic amines is 1. The van der Waals surface area contributed by atoms with Crippen molar-refractivity contribution in [2.75, 3.05) is 12.3 Å². The molecule has 3 heterocycles. The molecule has 2 aromatic heterocycles. The van der Waals surface area contributed by atoms with E-state index in [1.165, 1.54) is 10.9 Å². The lowest BCUT2D eigenvalue weighted by molar-refractivity contribution is -0.745. The van der Waals surface area contributed by atoms with Gasteiger partial charge in [0.15, 0.2) is 6.33 Å². The van der Waals surface area contributed by atoms with Crippen molar-refractivity contribution in [2.45, 2.75) is 44.9 Å². The second kappa shape index (κ2) is 10.0. The molecule has 1 aliphatic heterocycles. The highest BCUT2D eigenvalue weighted by Gasteiger charge is 2.48. The molecule has 1 aliphatic rings. The standard InChI is InChI=1S/C19H25N5O11P2/c1-9-3-10(2)5-11(4-9)6-23-8-24(16-13(23)17(27)22-19(20)21-16)18-15(26)14(25)12(34-18)7-33-37(31,32)35-36(28,29)30/h3-5,8,12,14-15,18,25-26H,6-7H2,1-2H3,(H5-,20,21,22,27,28,29,30,31,32)/p+1/t12-,14-,15-,18-/m1/s1. The average molecular weight is 562 g/mol. The molecule has 37 heavy (non-hydrogen) atoms. The summed E-state index contributed by atoms with van der Waals surface area (Å²) in [6.45, 7) is 3.23. The van der Waals surface area contributed by atoms with Crippen LogP contribution in [-0.4, -0.2) is 64.3 Å². The number of anilines is 1. The minimum atomic E-state index is -5.36. The Morgan fingerprint density at radius 1 is 1.16 bits per heavy atom. The van der Waals surface area contributed by atoms with Crippen LogP contribution < -0.4 is 15.9 Å². The molecule has 0 spiro atoms. The van der Waals surface area contributed by atoms with Crippen molar-refractivity contribution in [1.82, 2.24) is 14.5 Å². The molecule has 0 aliphatic carbocycles. The number of benzene rings is 1. The van der Waals surface area contributed by atoms with Gasteiger partial charge >= 0.3 is 21.3 Å². The highest BCUT2D eigenvalue weighted by Crippen LogP contribution is 2.57. The van der Waals surface area contributed by atoms with Crippen LogP contribution in [-0.2, 0) is 29.2 Å². The molecule has 3 aromatic rings. The van der Waals surface area contributed by atoms with Gasteiger partial charge in [0, 0.05) is 0 Å². The Morgan fingerprint density at radius 2 is 1.81 bits per heavy atom. The van der Waals surface area contributed by atoms with Crippen LogP contribution in [0.3, 0.4) is 0 Å². The van der Waals surface area contributed by atoms with Gasteiger partial charge < -0.3 is 35.4 Å². The van der Waals surface area contributed by atoms with Crippen molar-refractivity contribution < 1.29 is 52.2 Å². The van der Waals surface area contributed by atoms with E-state index in [2.05, 4.69) is 18.8 Å². The van der Waals surface area contributed by atoms with Crippen molar-refractivity contribution in [3.8, 4) is 0 Å². The number of aliphatic hydroxyl groups is 2. The summed E-state index contributed by atoms with van der Waals surface area (Å²) in [4.78, 5) is 46.3. The Balaban J connectivity index is 1.66. The van der Waals surface area contributed by atoms with E-state index in [0.717, 1.165) is 16.7 Å². The molecule has 16 nitrogen and oxygen atoms in total. The number of phosphoric acid groups is 2. The fraction of sp³-hybridized carbons (Fsp3) is 0.421. The molecule has 8 N–H and O–H groups in total. The maximum absolute atomic E-state index is 12.8. The second-order valence-corrected chi connectivity index (χ2v) is 11.5. The summed E-state index contributed by atoms with van der Waals surface area (Å²) in [5.41, 5.74) is 8.21. The van der Waals surface area contributed by atoms with Crippen LogP contribution in [0.2, 0.25) is 0 Å². The van der Waals surface area contributed by atoms with Crippen molar-refractivity contribution in [2.24, 2.45) is 0 Å². The first-order valence-electron chi connectivity index (χ1n) is 10.8. The van der Waals surface area contributed by atoms with Gasteiger partial charge in [0.25, 0.3) is 11.5 Å². The first-order chi connectivity index (χ1) is 17.1. The number of nitrogens with one attached hydrogen (secondary N) is 1. The minimum absolute atomic E-state index is 0.0288. The number of hydrogen-bond acceptors (Lipinski definition) is 10. The third-order valence-electron chi connectivity index (χ3n) is 5.55. The Morgan fingerprint density at radius 3 is 2.43 bits per heavy atom. The van der Waals surface area contributed by atoms with Crippen molar-refractivity contribution in [1.29, 1.82) is 0 Å². The molecule has 1 saturated heterocycles. The van der Waals surface area contributed by atoms with E-state index in [-0.39, 0.29) is 23.7 Å². The molecule has 5 atom stereocenters. The van der Waals surface area contributed by atoms with E-state index in [1.54, 1.807) is 4.57 Å². The number of rotatable bonds is 8. The third kappa shape index (κ3) is 6.16. The summed E-state index contributed by atoms with van der Waals surface area (Å²) in [7, 11) is -10.6. The average Bonchev–Trinajstić information content (AvgIpc) is 3.21. The molecular weight excluding hydrogens is 536 g/mol. The number of imidazole rings is 1. The number of H-pyrrole nitrogens is 1. The van der Waals surface area contributed by atoms with Gasteiger partial charge in [0.05, 0.1) is 13.2 Å². The predicted octanol–water partition coefficient (Wildman–Crippen LogP) is -0.895. The number of nitrogens with two attached hydrogens (primary N) is 1. The highest BCUT2D eigenvalue weighted by atomic mass is 31.3. The van der Waals surface area contributed by atoms with Crippen LogP contribution in [0.4, 0.5) is 5.95 Å². The lowest BCUT2D eigenvalue weighted by Crippen LogP contribution is -2.46. The van der Waals surface area contributed by atoms with Crippen LogP contribution in [0.15, 0.2) is 29.3 Å². The largest absolute Gasteiger partial charge is 0.481 e. The molecule has 0 bridgehead atoms. The molecule has 0 radical (unpaired) electrons. The van der Waals surface area contributed by atoms with E-state index in [1.807, 2.05) is 32.0 Å². The van der Waals surface area contributed by atoms with E-state index in [4.69, 9.17) is 20.3 Å². The summed E-state index contributed by atoms with van der Waals surface area (Å²) in [5.74, 6) is -0.209. The van der Waals surface area contributed by atoms with Crippen LogP contribution in [0.5, 0.6) is 0 Å². The van der Waals surface area contributed by atoms with E-state index in [9.17, 15) is 29.0 Å². The van der Waals surface area contributed by atoms with Gasteiger partial charge in [0.1, 0.15) is 18.3 Å². The molecule has 1 unspecified atom stereocenters. The Bertz CT molecular complexity index is 1460. The van der Waals surface area contributed by atoms with Gasteiger partial charge in [-0.05, 0) is 19.4 Å². The zero-order valence-corrected chi connectivity index (χ0v) is 21.3. The molecule has 1 aromatic carbocycles. The van der Waals surface area contributed by atoms with Crippen molar-refractivity contribution in [3.05, 3.63) is 51.6 Å². The zero-order chi connectivity index (χ0) is 27.3. The van der Waals surface area contributed by atoms with Crippen LogP contribution in [0, 0.1) is 13.8 Å². The molecule has 202 valence electrons. The Labute approximate surface area is 208 Å². The summed E-state index contributed by atoms with van der Waals surface area (Å²) >= 11 is 0. The number of hydrogen-bond donors (Lipinski definition) is 7. The van der Waals surface area contributed by atoms with E-state index in [0.29, 0.717) is 0 Å².